The summed E-state index contributed by atoms with van der Waals surface area (Å²) in [4.78, 5) is 0. The van der Waals surface area contributed by atoms with Crippen LogP contribution in [-0.2, 0) is 0 Å². The average molecular weight is 231 g/mol. The molecule has 0 radical (unpaired) electrons. The van der Waals surface area contributed by atoms with Gasteiger partial charge in [-0.25, -0.2) is 4.39 Å². The first kappa shape index (κ1) is 11.6. The maximum absolute atomic E-state index is 13.0. The molecule has 2 N–H and O–H groups in total. The van der Waals surface area contributed by atoms with E-state index in [1.165, 1.54) is 12.1 Å². The molecule has 0 bridgehead atoms. The summed E-state index contributed by atoms with van der Waals surface area (Å²) in [6.07, 6.45) is 0. The summed E-state index contributed by atoms with van der Waals surface area (Å²) in [6.45, 7) is 1.88. The lowest BCUT2D eigenvalue weighted by Crippen LogP contribution is -2.06. The van der Waals surface area contributed by atoms with E-state index in [1.807, 2.05) is 31.2 Å². The molecule has 0 unspecified atom stereocenters. The van der Waals surface area contributed by atoms with Gasteiger partial charge in [0.05, 0.1) is 0 Å². The number of ether oxygens (including phenoxy) is 1. The fraction of sp³-hybridized carbons (Fsp3) is 0.143. The molecule has 0 heterocycles. The lowest BCUT2D eigenvalue weighted by Gasteiger charge is -2.13. The fourth-order valence-electron chi connectivity index (χ4n) is 1.61. The van der Waals surface area contributed by atoms with Crippen LogP contribution < -0.4 is 10.5 Å². The Balaban J connectivity index is 2.30. The normalized spacial score (nSPS) is 12.2. The van der Waals surface area contributed by atoms with E-state index in [2.05, 4.69) is 0 Å². The fourth-order valence-corrected chi connectivity index (χ4v) is 1.61. The Morgan fingerprint density at radius 1 is 1.12 bits per heavy atom. The third kappa shape index (κ3) is 2.82. The van der Waals surface area contributed by atoms with E-state index in [0.29, 0.717) is 11.5 Å². The van der Waals surface area contributed by atoms with Gasteiger partial charge in [-0.05, 0) is 25.1 Å². The van der Waals surface area contributed by atoms with Crippen molar-refractivity contribution in [1.82, 2.24) is 0 Å². The van der Waals surface area contributed by atoms with Crippen molar-refractivity contribution < 1.29 is 9.13 Å². The minimum Gasteiger partial charge on any atom is -0.457 e. The molecule has 0 aromatic heterocycles. The van der Waals surface area contributed by atoms with Crippen molar-refractivity contribution in [3.63, 3.8) is 0 Å². The molecule has 0 saturated carbocycles. The summed E-state index contributed by atoms with van der Waals surface area (Å²) in [5, 5.41) is 0. The molecule has 0 spiro atoms. The van der Waals surface area contributed by atoms with Gasteiger partial charge in [0.1, 0.15) is 17.3 Å². The molecule has 0 aliphatic heterocycles. The molecule has 3 heteroatoms. The molecule has 17 heavy (non-hydrogen) atoms. The van der Waals surface area contributed by atoms with Crippen molar-refractivity contribution in [2.45, 2.75) is 13.0 Å². The van der Waals surface area contributed by atoms with E-state index in [4.69, 9.17) is 10.5 Å². The highest BCUT2D eigenvalue weighted by Crippen LogP contribution is 2.28. The Hall–Kier alpha value is -1.87. The molecule has 0 amide bonds. The van der Waals surface area contributed by atoms with Crippen LogP contribution in [0.15, 0.2) is 48.5 Å². The van der Waals surface area contributed by atoms with Gasteiger partial charge in [0, 0.05) is 17.7 Å². The number of hydrogen-bond acceptors (Lipinski definition) is 2. The number of para-hydroxylation sites is 1. The minimum absolute atomic E-state index is 0.125. The second-order valence-corrected chi connectivity index (χ2v) is 3.89. The zero-order chi connectivity index (χ0) is 12.3. The highest BCUT2D eigenvalue weighted by Gasteiger charge is 2.08. The standard InChI is InChI=1S/C14H14FNO/c1-10(16)13-7-2-3-8-14(13)17-12-6-4-5-11(15)9-12/h2-10H,16H2,1H3/t10-/m1/s1. The van der Waals surface area contributed by atoms with Gasteiger partial charge in [-0.15, -0.1) is 0 Å². The van der Waals surface area contributed by atoms with Gasteiger partial charge in [0.2, 0.25) is 0 Å². The van der Waals surface area contributed by atoms with E-state index in [1.54, 1.807) is 12.1 Å². The van der Waals surface area contributed by atoms with Crippen LogP contribution in [0.25, 0.3) is 0 Å². The SMILES string of the molecule is C[C@@H](N)c1ccccc1Oc1cccc(F)c1. The molecule has 1 atom stereocenters. The van der Waals surface area contributed by atoms with E-state index in [9.17, 15) is 4.39 Å². The monoisotopic (exact) mass is 231 g/mol. The number of rotatable bonds is 3. The van der Waals surface area contributed by atoms with Crippen LogP contribution in [0.2, 0.25) is 0 Å². The molecule has 2 rings (SSSR count). The summed E-state index contributed by atoms with van der Waals surface area (Å²) in [5.74, 6) is 0.812. The number of nitrogens with two attached hydrogens (primary N) is 1. The summed E-state index contributed by atoms with van der Waals surface area (Å²) in [5.41, 5.74) is 6.74. The summed E-state index contributed by atoms with van der Waals surface area (Å²) in [6, 6.07) is 13.4. The predicted molar refractivity (Wildman–Crippen MR) is 65.5 cm³/mol. The number of halogens is 1. The highest BCUT2D eigenvalue weighted by atomic mass is 19.1. The van der Waals surface area contributed by atoms with Gasteiger partial charge in [0.25, 0.3) is 0 Å². The zero-order valence-electron chi connectivity index (χ0n) is 9.56. The maximum Gasteiger partial charge on any atom is 0.132 e. The van der Waals surface area contributed by atoms with Crippen LogP contribution in [-0.4, -0.2) is 0 Å². The zero-order valence-corrected chi connectivity index (χ0v) is 9.56. The Labute approximate surface area is 99.8 Å². The van der Waals surface area contributed by atoms with E-state index in [0.717, 1.165) is 5.56 Å². The van der Waals surface area contributed by atoms with Gasteiger partial charge in [-0.1, -0.05) is 24.3 Å². The lowest BCUT2D eigenvalue weighted by molar-refractivity contribution is 0.467. The Morgan fingerprint density at radius 3 is 2.59 bits per heavy atom. The van der Waals surface area contributed by atoms with Crippen LogP contribution >= 0.6 is 0 Å². The van der Waals surface area contributed by atoms with Crippen molar-refractivity contribution in [1.29, 1.82) is 0 Å². The lowest BCUT2D eigenvalue weighted by atomic mass is 10.1. The Morgan fingerprint density at radius 2 is 1.88 bits per heavy atom. The van der Waals surface area contributed by atoms with Gasteiger partial charge in [-0.3, -0.25) is 0 Å². The van der Waals surface area contributed by atoms with Crippen LogP contribution in [0.5, 0.6) is 11.5 Å². The van der Waals surface area contributed by atoms with Gasteiger partial charge in [0.15, 0.2) is 0 Å². The number of hydrogen-bond donors (Lipinski definition) is 1. The molecule has 0 aliphatic carbocycles. The van der Waals surface area contributed by atoms with E-state index in [-0.39, 0.29) is 11.9 Å². The van der Waals surface area contributed by atoms with Gasteiger partial charge in [-0.2, -0.15) is 0 Å². The first-order valence-corrected chi connectivity index (χ1v) is 5.45. The first-order chi connectivity index (χ1) is 8.16. The van der Waals surface area contributed by atoms with Crippen molar-refractivity contribution in [3.05, 3.63) is 59.9 Å². The summed E-state index contributed by atoms with van der Waals surface area (Å²) >= 11 is 0. The van der Waals surface area contributed by atoms with Crippen LogP contribution in [0.3, 0.4) is 0 Å². The second-order valence-electron chi connectivity index (χ2n) is 3.89. The minimum atomic E-state index is -0.319. The van der Waals surface area contributed by atoms with E-state index >= 15 is 0 Å². The summed E-state index contributed by atoms with van der Waals surface area (Å²) in [7, 11) is 0. The molecule has 0 fully saturated rings. The largest absolute Gasteiger partial charge is 0.457 e. The third-order valence-electron chi connectivity index (χ3n) is 2.43. The Kier molecular flexibility index (Phi) is 3.40. The average Bonchev–Trinajstić information content (AvgIpc) is 2.29. The highest BCUT2D eigenvalue weighted by molar-refractivity contribution is 5.39. The van der Waals surface area contributed by atoms with Crippen molar-refractivity contribution in [3.8, 4) is 11.5 Å². The Bertz CT molecular complexity index is 511. The van der Waals surface area contributed by atoms with Gasteiger partial charge < -0.3 is 10.5 Å². The predicted octanol–water partition coefficient (Wildman–Crippen LogP) is 3.64. The maximum atomic E-state index is 13.0. The topological polar surface area (TPSA) is 35.2 Å². The van der Waals surface area contributed by atoms with Crippen LogP contribution in [0.1, 0.15) is 18.5 Å². The van der Waals surface area contributed by atoms with E-state index < -0.39 is 0 Å². The molecule has 2 nitrogen and oxygen atoms in total. The quantitative estimate of drug-likeness (QED) is 0.875. The molecule has 88 valence electrons. The molecular weight excluding hydrogens is 217 g/mol. The molecule has 0 saturated heterocycles. The molecular formula is C14H14FNO. The van der Waals surface area contributed by atoms with Crippen LogP contribution in [0, 0.1) is 5.82 Å². The van der Waals surface area contributed by atoms with Crippen LogP contribution in [0.4, 0.5) is 4.39 Å². The van der Waals surface area contributed by atoms with Crippen molar-refractivity contribution in [2.75, 3.05) is 0 Å². The first-order valence-electron chi connectivity index (χ1n) is 5.45. The summed E-state index contributed by atoms with van der Waals surface area (Å²) < 4.78 is 18.7. The smallest absolute Gasteiger partial charge is 0.132 e. The third-order valence-corrected chi connectivity index (χ3v) is 2.43. The van der Waals surface area contributed by atoms with Crippen molar-refractivity contribution in [2.24, 2.45) is 5.73 Å². The molecule has 2 aromatic carbocycles. The number of benzene rings is 2. The second kappa shape index (κ2) is 4.97. The molecule has 2 aromatic rings. The van der Waals surface area contributed by atoms with Crippen molar-refractivity contribution >= 4 is 0 Å². The molecule has 0 aliphatic rings. The van der Waals surface area contributed by atoms with Gasteiger partial charge >= 0.3 is 0 Å².